The second-order valence-electron chi connectivity index (χ2n) is 3.86. The Kier molecular flexibility index (Phi) is 3.68. The van der Waals surface area contributed by atoms with Crippen molar-refractivity contribution < 1.29 is 4.39 Å². The molecule has 0 bridgehead atoms. The highest BCUT2D eigenvalue weighted by molar-refractivity contribution is 7.71. The number of H-pyrrole nitrogens is 1. The normalized spacial score (nSPS) is 10.7. The molecule has 3 nitrogen and oxygen atoms in total. The van der Waals surface area contributed by atoms with Crippen LogP contribution in [0.25, 0.3) is 0 Å². The van der Waals surface area contributed by atoms with Crippen LogP contribution in [0.5, 0.6) is 0 Å². The van der Waals surface area contributed by atoms with Crippen LogP contribution in [0.4, 0.5) is 4.39 Å². The van der Waals surface area contributed by atoms with E-state index in [0.29, 0.717) is 16.8 Å². The molecule has 1 aromatic heterocycles. The summed E-state index contributed by atoms with van der Waals surface area (Å²) in [4.78, 5) is 0. The first kappa shape index (κ1) is 12.0. The van der Waals surface area contributed by atoms with Gasteiger partial charge in [0.2, 0.25) is 0 Å². The zero-order chi connectivity index (χ0) is 12.3. The highest BCUT2D eigenvalue weighted by atomic mass is 32.1. The maximum Gasteiger partial charge on any atom is 0.195 e. The molecular formula is C12H14FN3S. The number of hydrogen-bond acceptors (Lipinski definition) is 2. The van der Waals surface area contributed by atoms with Crippen LogP contribution in [0.3, 0.4) is 0 Å². The molecule has 1 heterocycles. The van der Waals surface area contributed by atoms with E-state index in [9.17, 15) is 4.39 Å². The molecule has 0 aliphatic heterocycles. The summed E-state index contributed by atoms with van der Waals surface area (Å²) in [5.41, 5.74) is 0.638. The van der Waals surface area contributed by atoms with Gasteiger partial charge in [-0.25, -0.2) is 4.39 Å². The summed E-state index contributed by atoms with van der Waals surface area (Å²) in [6, 6.07) is 6.73. The second-order valence-corrected chi connectivity index (χ2v) is 4.25. The predicted molar refractivity (Wildman–Crippen MR) is 66.9 cm³/mol. The molecule has 0 amide bonds. The van der Waals surface area contributed by atoms with Crippen molar-refractivity contribution in [3.63, 3.8) is 0 Å². The predicted octanol–water partition coefficient (Wildman–Crippen LogP) is 3.08. The van der Waals surface area contributed by atoms with E-state index >= 15 is 0 Å². The average molecular weight is 251 g/mol. The number of nitrogens with zero attached hydrogens (tertiary/aromatic N) is 2. The number of aromatic amines is 1. The Balaban J connectivity index is 2.30. The Morgan fingerprint density at radius 3 is 2.88 bits per heavy atom. The Bertz CT molecular complexity index is 559. The molecule has 0 radical (unpaired) electrons. The van der Waals surface area contributed by atoms with Crippen LogP contribution in [0.2, 0.25) is 0 Å². The summed E-state index contributed by atoms with van der Waals surface area (Å²) in [7, 11) is 0. The molecule has 1 aromatic carbocycles. The molecule has 1 N–H and O–H groups in total. The molecule has 0 atom stereocenters. The van der Waals surface area contributed by atoms with Gasteiger partial charge in [0.1, 0.15) is 11.6 Å². The molecular weight excluding hydrogens is 237 g/mol. The number of benzene rings is 1. The highest BCUT2D eigenvalue weighted by Crippen LogP contribution is 2.12. The topological polar surface area (TPSA) is 33.6 Å². The molecule has 2 rings (SSSR count). The van der Waals surface area contributed by atoms with Crippen LogP contribution in [0.15, 0.2) is 24.3 Å². The van der Waals surface area contributed by atoms with E-state index in [4.69, 9.17) is 12.2 Å². The Hall–Kier alpha value is -1.49. The average Bonchev–Trinajstić information content (AvgIpc) is 2.65. The molecule has 0 aliphatic rings. The van der Waals surface area contributed by atoms with Crippen molar-refractivity contribution in [2.24, 2.45) is 0 Å². The number of rotatable bonds is 4. The lowest BCUT2D eigenvalue weighted by Crippen LogP contribution is -2.05. The zero-order valence-electron chi connectivity index (χ0n) is 9.61. The van der Waals surface area contributed by atoms with Crippen LogP contribution in [-0.4, -0.2) is 14.8 Å². The van der Waals surface area contributed by atoms with Crippen LogP contribution in [-0.2, 0) is 13.0 Å². The molecule has 0 saturated heterocycles. The van der Waals surface area contributed by atoms with Crippen LogP contribution in [0.1, 0.15) is 24.7 Å². The molecule has 2 aromatic rings. The molecule has 17 heavy (non-hydrogen) atoms. The van der Waals surface area contributed by atoms with Gasteiger partial charge >= 0.3 is 0 Å². The van der Waals surface area contributed by atoms with Crippen LogP contribution < -0.4 is 0 Å². The largest absolute Gasteiger partial charge is 0.304 e. The lowest BCUT2D eigenvalue weighted by atomic mass is 10.1. The van der Waals surface area contributed by atoms with Crippen molar-refractivity contribution in [2.45, 2.75) is 26.3 Å². The summed E-state index contributed by atoms with van der Waals surface area (Å²) >= 11 is 5.14. The summed E-state index contributed by atoms with van der Waals surface area (Å²) in [6.45, 7) is 2.88. The maximum atomic E-state index is 13.5. The zero-order valence-corrected chi connectivity index (χ0v) is 10.4. The molecule has 0 unspecified atom stereocenters. The third-order valence-electron chi connectivity index (χ3n) is 2.59. The standard InChI is InChI=1S/C12H14FN3S/c1-2-7-16-11(14-15-12(16)17)8-9-5-3-4-6-10(9)13/h3-6H,2,7-8H2,1H3,(H,15,17). The lowest BCUT2D eigenvalue weighted by Gasteiger charge is -2.05. The van der Waals surface area contributed by atoms with Gasteiger partial charge in [0, 0.05) is 13.0 Å². The maximum absolute atomic E-state index is 13.5. The van der Waals surface area contributed by atoms with Crippen molar-refractivity contribution >= 4 is 12.2 Å². The number of nitrogens with one attached hydrogen (secondary N) is 1. The summed E-state index contributed by atoms with van der Waals surface area (Å²) < 4.78 is 16.0. The van der Waals surface area contributed by atoms with Gasteiger partial charge in [0.15, 0.2) is 4.77 Å². The summed E-state index contributed by atoms with van der Waals surface area (Å²) in [6.07, 6.45) is 1.43. The minimum atomic E-state index is -0.204. The third kappa shape index (κ3) is 2.61. The van der Waals surface area contributed by atoms with Gasteiger partial charge in [-0.1, -0.05) is 25.1 Å². The molecule has 0 fully saturated rings. The fourth-order valence-corrected chi connectivity index (χ4v) is 1.99. The van der Waals surface area contributed by atoms with Gasteiger partial charge < -0.3 is 4.57 Å². The van der Waals surface area contributed by atoms with Gasteiger partial charge in [-0.2, -0.15) is 5.10 Å². The summed E-state index contributed by atoms with van der Waals surface area (Å²) in [5, 5.41) is 6.90. The first-order valence-electron chi connectivity index (χ1n) is 5.60. The summed E-state index contributed by atoms with van der Waals surface area (Å²) in [5.74, 6) is 0.575. The quantitative estimate of drug-likeness (QED) is 0.847. The van der Waals surface area contributed by atoms with E-state index in [1.165, 1.54) is 6.07 Å². The van der Waals surface area contributed by atoms with E-state index in [1.54, 1.807) is 12.1 Å². The van der Waals surface area contributed by atoms with Gasteiger partial charge in [-0.3, -0.25) is 5.10 Å². The van der Waals surface area contributed by atoms with E-state index in [2.05, 4.69) is 17.1 Å². The van der Waals surface area contributed by atoms with Gasteiger partial charge in [-0.05, 0) is 30.3 Å². The minimum absolute atomic E-state index is 0.204. The van der Waals surface area contributed by atoms with Crippen LogP contribution in [0, 0.1) is 10.6 Å². The van der Waals surface area contributed by atoms with Crippen molar-refractivity contribution in [3.05, 3.63) is 46.2 Å². The fourth-order valence-electron chi connectivity index (χ4n) is 1.75. The van der Waals surface area contributed by atoms with Crippen molar-refractivity contribution in [1.82, 2.24) is 14.8 Å². The number of halogens is 1. The molecule has 90 valence electrons. The number of hydrogen-bond donors (Lipinski definition) is 1. The first-order chi connectivity index (χ1) is 8.22. The van der Waals surface area contributed by atoms with Crippen molar-refractivity contribution in [1.29, 1.82) is 0 Å². The molecule has 0 aliphatic carbocycles. The van der Waals surface area contributed by atoms with Crippen molar-refractivity contribution in [3.8, 4) is 0 Å². The number of aromatic nitrogens is 3. The van der Waals surface area contributed by atoms with E-state index in [-0.39, 0.29) is 5.82 Å². The Morgan fingerprint density at radius 2 is 2.18 bits per heavy atom. The van der Waals surface area contributed by atoms with E-state index in [0.717, 1.165) is 18.8 Å². The first-order valence-corrected chi connectivity index (χ1v) is 6.00. The second kappa shape index (κ2) is 5.23. The molecule has 0 saturated carbocycles. The van der Waals surface area contributed by atoms with E-state index in [1.807, 2.05) is 10.6 Å². The molecule has 0 spiro atoms. The highest BCUT2D eigenvalue weighted by Gasteiger charge is 2.08. The van der Waals surface area contributed by atoms with Crippen LogP contribution >= 0.6 is 12.2 Å². The lowest BCUT2D eigenvalue weighted by molar-refractivity contribution is 0.601. The minimum Gasteiger partial charge on any atom is -0.304 e. The smallest absolute Gasteiger partial charge is 0.195 e. The van der Waals surface area contributed by atoms with Crippen molar-refractivity contribution in [2.75, 3.05) is 0 Å². The van der Waals surface area contributed by atoms with Gasteiger partial charge in [-0.15, -0.1) is 0 Å². The van der Waals surface area contributed by atoms with E-state index < -0.39 is 0 Å². The van der Waals surface area contributed by atoms with Gasteiger partial charge in [0.25, 0.3) is 0 Å². The Labute approximate surface area is 104 Å². The fraction of sp³-hybridized carbons (Fsp3) is 0.333. The Morgan fingerprint density at radius 1 is 1.41 bits per heavy atom. The third-order valence-corrected chi connectivity index (χ3v) is 2.90. The van der Waals surface area contributed by atoms with Gasteiger partial charge in [0.05, 0.1) is 0 Å². The SMILES string of the molecule is CCCn1c(Cc2ccccc2F)n[nH]c1=S. The molecule has 5 heteroatoms. The monoisotopic (exact) mass is 251 g/mol.